The third-order valence-electron chi connectivity index (χ3n) is 4.24. The summed E-state index contributed by atoms with van der Waals surface area (Å²) < 4.78 is 20.0. The number of amides is 1. The van der Waals surface area contributed by atoms with Crippen molar-refractivity contribution in [2.75, 3.05) is 13.1 Å². The second-order valence-corrected chi connectivity index (χ2v) is 6.94. The lowest BCUT2D eigenvalue weighted by Gasteiger charge is -2.31. The number of carbonyl (C=O) groups is 1. The van der Waals surface area contributed by atoms with Crippen LogP contribution in [0.5, 0.6) is 5.19 Å². The van der Waals surface area contributed by atoms with E-state index in [1.807, 2.05) is 4.90 Å². The van der Waals surface area contributed by atoms with Gasteiger partial charge < -0.3 is 9.64 Å². The maximum Gasteiger partial charge on any atom is 0.274 e. The predicted octanol–water partition coefficient (Wildman–Crippen LogP) is 3.51. The molecule has 25 heavy (non-hydrogen) atoms. The van der Waals surface area contributed by atoms with Gasteiger partial charge >= 0.3 is 0 Å². The van der Waals surface area contributed by atoms with Crippen molar-refractivity contribution in [3.05, 3.63) is 54.1 Å². The van der Waals surface area contributed by atoms with Gasteiger partial charge in [0.1, 0.15) is 11.9 Å². The van der Waals surface area contributed by atoms with Gasteiger partial charge in [0.15, 0.2) is 0 Å². The van der Waals surface area contributed by atoms with Gasteiger partial charge in [0, 0.05) is 38.3 Å². The fourth-order valence-electron chi connectivity index (χ4n) is 2.92. The summed E-state index contributed by atoms with van der Waals surface area (Å²) in [6, 6.07) is 8.06. The van der Waals surface area contributed by atoms with Crippen molar-refractivity contribution in [2.24, 2.45) is 0 Å². The van der Waals surface area contributed by atoms with Crippen LogP contribution >= 0.6 is 11.3 Å². The largest absolute Gasteiger partial charge is 0.467 e. The highest BCUT2D eigenvalue weighted by Crippen LogP contribution is 2.30. The van der Waals surface area contributed by atoms with Crippen LogP contribution in [-0.4, -0.2) is 40.0 Å². The summed E-state index contributed by atoms with van der Waals surface area (Å²) in [5, 5.41) is 0.553. The number of nitrogens with zero attached hydrogens (tertiary/aromatic N) is 3. The average molecular weight is 357 g/mol. The molecule has 1 saturated heterocycles. The Morgan fingerprint density at radius 2 is 2.12 bits per heavy atom. The Labute approximate surface area is 148 Å². The van der Waals surface area contributed by atoms with E-state index in [1.165, 1.54) is 23.5 Å². The highest BCUT2D eigenvalue weighted by Gasteiger charge is 2.25. The maximum absolute atomic E-state index is 13.3. The summed E-state index contributed by atoms with van der Waals surface area (Å²) in [4.78, 5) is 22.6. The zero-order valence-corrected chi connectivity index (χ0v) is 14.2. The molecule has 3 heterocycles. The van der Waals surface area contributed by atoms with Gasteiger partial charge in [0.05, 0.1) is 15.8 Å². The van der Waals surface area contributed by atoms with Gasteiger partial charge in [-0.05, 0) is 30.3 Å². The number of fused-ring (bicyclic) bond motifs is 1. The number of hydrogen-bond acceptors (Lipinski definition) is 5. The number of aromatic nitrogens is 2. The summed E-state index contributed by atoms with van der Waals surface area (Å²) in [6.07, 6.45) is 4.75. The van der Waals surface area contributed by atoms with Gasteiger partial charge in [0.25, 0.3) is 11.1 Å². The second kappa shape index (κ2) is 6.76. The number of likely N-dealkylation sites (tertiary alicyclic amines) is 1. The Morgan fingerprint density at radius 1 is 1.28 bits per heavy atom. The van der Waals surface area contributed by atoms with Crippen molar-refractivity contribution in [2.45, 2.75) is 18.9 Å². The molecule has 0 atom stereocenters. The van der Waals surface area contributed by atoms with Crippen molar-refractivity contribution in [1.82, 2.24) is 14.9 Å². The van der Waals surface area contributed by atoms with E-state index in [2.05, 4.69) is 9.97 Å². The predicted molar refractivity (Wildman–Crippen MR) is 93.4 cm³/mol. The number of carbonyl (C=O) groups excluding carboxylic acids is 1. The van der Waals surface area contributed by atoms with Crippen LogP contribution in [0, 0.1) is 5.82 Å². The number of halogens is 1. The average Bonchev–Trinajstić information content (AvgIpc) is 3.04. The number of pyridine rings is 1. The van der Waals surface area contributed by atoms with Crippen LogP contribution in [-0.2, 0) is 0 Å². The lowest BCUT2D eigenvalue weighted by atomic mass is 10.1. The van der Waals surface area contributed by atoms with E-state index < -0.39 is 0 Å². The van der Waals surface area contributed by atoms with Crippen LogP contribution < -0.4 is 4.74 Å². The molecule has 1 aromatic carbocycles. The molecule has 7 heteroatoms. The first kappa shape index (κ1) is 16.0. The summed E-state index contributed by atoms with van der Waals surface area (Å²) in [7, 11) is 0. The van der Waals surface area contributed by atoms with Crippen LogP contribution in [0.3, 0.4) is 0 Å². The molecule has 0 radical (unpaired) electrons. The first-order valence-electron chi connectivity index (χ1n) is 8.11. The van der Waals surface area contributed by atoms with Crippen molar-refractivity contribution in [3.8, 4) is 5.19 Å². The molecule has 128 valence electrons. The summed E-state index contributed by atoms with van der Waals surface area (Å²) in [5.41, 5.74) is 1.35. The summed E-state index contributed by atoms with van der Waals surface area (Å²) in [6.45, 7) is 1.27. The maximum atomic E-state index is 13.3. The monoisotopic (exact) mass is 357 g/mol. The minimum absolute atomic E-state index is 0.00186. The Balaban J connectivity index is 1.37. The highest BCUT2D eigenvalue weighted by molar-refractivity contribution is 7.20. The molecule has 0 aliphatic carbocycles. The molecule has 1 aliphatic heterocycles. The standard InChI is InChI=1S/C18H16FN3O2S/c19-13-3-4-15-16(10-13)25-18(21-15)24-14-5-8-22(9-6-14)17(23)12-2-1-7-20-11-12/h1-4,7,10-11,14H,5-6,8-9H2. The van der Waals surface area contributed by atoms with Crippen LogP contribution in [0.25, 0.3) is 10.2 Å². The Morgan fingerprint density at radius 3 is 2.88 bits per heavy atom. The highest BCUT2D eigenvalue weighted by atomic mass is 32.1. The number of piperidine rings is 1. The van der Waals surface area contributed by atoms with Crippen LogP contribution in [0.4, 0.5) is 4.39 Å². The van der Waals surface area contributed by atoms with Crippen molar-refractivity contribution < 1.29 is 13.9 Å². The lowest BCUT2D eigenvalue weighted by molar-refractivity contribution is 0.0595. The Bertz CT molecular complexity index is 892. The molecule has 0 spiro atoms. The van der Waals surface area contributed by atoms with Gasteiger partial charge in [-0.1, -0.05) is 11.3 Å². The molecule has 0 unspecified atom stereocenters. The van der Waals surface area contributed by atoms with E-state index >= 15 is 0 Å². The molecule has 0 N–H and O–H groups in total. The minimum atomic E-state index is -0.273. The number of benzene rings is 1. The molecule has 0 bridgehead atoms. The van der Waals surface area contributed by atoms with E-state index in [0.29, 0.717) is 23.8 Å². The van der Waals surface area contributed by atoms with Crippen LogP contribution in [0.15, 0.2) is 42.7 Å². The first-order valence-corrected chi connectivity index (χ1v) is 8.93. The second-order valence-electron chi connectivity index (χ2n) is 5.94. The Kier molecular flexibility index (Phi) is 4.31. The van der Waals surface area contributed by atoms with Gasteiger partial charge in [-0.3, -0.25) is 9.78 Å². The van der Waals surface area contributed by atoms with Gasteiger partial charge in [-0.25, -0.2) is 9.37 Å². The van der Waals surface area contributed by atoms with E-state index in [4.69, 9.17) is 4.74 Å². The third kappa shape index (κ3) is 3.46. The van der Waals surface area contributed by atoms with Crippen LogP contribution in [0.2, 0.25) is 0 Å². The molecular formula is C18H16FN3O2S. The molecule has 1 aliphatic rings. The molecule has 3 aromatic rings. The summed E-state index contributed by atoms with van der Waals surface area (Å²) in [5.74, 6) is -0.271. The van der Waals surface area contributed by atoms with Crippen molar-refractivity contribution in [3.63, 3.8) is 0 Å². The van der Waals surface area contributed by atoms with Crippen molar-refractivity contribution in [1.29, 1.82) is 0 Å². The molecule has 1 amide bonds. The number of thiazole rings is 1. The van der Waals surface area contributed by atoms with E-state index in [0.717, 1.165) is 23.1 Å². The molecule has 0 saturated carbocycles. The number of hydrogen-bond donors (Lipinski definition) is 0. The number of rotatable bonds is 3. The smallest absolute Gasteiger partial charge is 0.274 e. The topological polar surface area (TPSA) is 55.3 Å². The normalized spacial score (nSPS) is 15.5. The number of ether oxygens (including phenoxy) is 1. The van der Waals surface area contributed by atoms with E-state index in [9.17, 15) is 9.18 Å². The zero-order valence-electron chi connectivity index (χ0n) is 13.4. The minimum Gasteiger partial charge on any atom is -0.467 e. The molecule has 5 nitrogen and oxygen atoms in total. The van der Waals surface area contributed by atoms with Gasteiger partial charge in [-0.2, -0.15) is 0 Å². The fourth-order valence-corrected chi connectivity index (χ4v) is 3.82. The first-order chi connectivity index (χ1) is 12.2. The molecule has 4 rings (SSSR count). The molecular weight excluding hydrogens is 341 g/mol. The van der Waals surface area contributed by atoms with E-state index in [-0.39, 0.29) is 17.8 Å². The molecule has 1 fully saturated rings. The third-order valence-corrected chi connectivity index (χ3v) is 5.15. The Hall–Kier alpha value is -2.54. The lowest BCUT2D eigenvalue weighted by Crippen LogP contribution is -2.41. The SMILES string of the molecule is O=C(c1cccnc1)N1CCC(Oc2nc3ccc(F)cc3s2)CC1. The van der Waals surface area contributed by atoms with Gasteiger partial charge in [-0.15, -0.1) is 0 Å². The quantitative estimate of drug-likeness (QED) is 0.720. The summed E-state index contributed by atoms with van der Waals surface area (Å²) >= 11 is 1.35. The van der Waals surface area contributed by atoms with Gasteiger partial charge in [0.2, 0.25) is 0 Å². The zero-order chi connectivity index (χ0) is 17.2. The fraction of sp³-hybridized carbons (Fsp3) is 0.278. The molecule has 2 aromatic heterocycles. The van der Waals surface area contributed by atoms with Crippen molar-refractivity contribution >= 4 is 27.5 Å². The van der Waals surface area contributed by atoms with E-state index in [1.54, 1.807) is 30.6 Å². The van der Waals surface area contributed by atoms with Crippen LogP contribution in [0.1, 0.15) is 23.2 Å².